The molecule has 2 aromatic carbocycles. The van der Waals surface area contributed by atoms with E-state index in [1.165, 1.54) is 5.57 Å². The molecule has 2 unspecified atom stereocenters. The molecule has 2 N–H and O–H groups in total. The van der Waals surface area contributed by atoms with Gasteiger partial charge in [0.1, 0.15) is 18.4 Å². The Morgan fingerprint density at radius 1 is 1.11 bits per heavy atom. The molecular weight excluding hydrogens is 466 g/mol. The predicted molar refractivity (Wildman–Crippen MR) is 148 cm³/mol. The summed E-state index contributed by atoms with van der Waals surface area (Å²) in [6.07, 6.45) is 3.46. The summed E-state index contributed by atoms with van der Waals surface area (Å²) < 4.78 is 5.97. The van der Waals surface area contributed by atoms with Crippen LogP contribution >= 0.6 is 0 Å². The van der Waals surface area contributed by atoms with Crippen LogP contribution in [0.1, 0.15) is 52.5 Å². The number of carbonyl (C=O) groups excluding carboxylic acids is 1. The van der Waals surface area contributed by atoms with Gasteiger partial charge in [0.05, 0.1) is 0 Å². The maximum absolute atomic E-state index is 13.2. The van der Waals surface area contributed by atoms with Crippen molar-refractivity contribution in [3.63, 3.8) is 0 Å². The van der Waals surface area contributed by atoms with Crippen LogP contribution in [0.4, 0.5) is 10.5 Å². The van der Waals surface area contributed by atoms with Crippen molar-refractivity contribution in [2.75, 3.05) is 24.5 Å². The molecular formula is C30H41N3O4. The number of rotatable bonds is 11. The van der Waals surface area contributed by atoms with Crippen LogP contribution in [0.15, 0.2) is 66.2 Å². The fraction of sp³-hybridized carbons (Fsp3) is 0.467. The molecule has 7 heteroatoms. The number of likely N-dealkylation sites (tertiary alicyclic amines) is 1. The molecule has 1 aliphatic rings. The largest absolute Gasteiger partial charge is 0.489 e. The molecule has 2 aromatic rings. The van der Waals surface area contributed by atoms with Gasteiger partial charge in [-0.1, -0.05) is 62.2 Å². The molecule has 1 heterocycles. The zero-order chi connectivity index (χ0) is 26.8. The molecule has 1 saturated heterocycles. The monoisotopic (exact) mass is 507 g/mol. The summed E-state index contributed by atoms with van der Waals surface area (Å²) in [5.74, 6) is 0.654. The molecule has 1 fully saturated rings. The molecule has 1 aliphatic heterocycles. The molecule has 0 bridgehead atoms. The number of ether oxygens (including phenoxy) is 1. The smallest absolute Gasteiger partial charge is 0.405 e. The van der Waals surface area contributed by atoms with Crippen molar-refractivity contribution in [2.24, 2.45) is 5.92 Å². The van der Waals surface area contributed by atoms with Gasteiger partial charge < -0.3 is 25.0 Å². The van der Waals surface area contributed by atoms with E-state index in [4.69, 9.17) is 4.74 Å². The third-order valence-corrected chi connectivity index (χ3v) is 7.09. The third-order valence-electron chi connectivity index (χ3n) is 7.09. The lowest BCUT2D eigenvalue weighted by atomic mass is 9.95. The van der Waals surface area contributed by atoms with E-state index in [0.717, 1.165) is 42.8 Å². The van der Waals surface area contributed by atoms with Crippen molar-refractivity contribution in [3.05, 3.63) is 71.8 Å². The van der Waals surface area contributed by atoms with Gasteiger partial charge in [-0.3, -0.25) is 4.79 Å². The summed E-state index contributed by atoms with van der Waals surface area (Å²) in [6.45, 7) is 10.6. The van der Waals surface area contributed by atoms with Crippen molar-refractivity contribution < 1.29 is 19.4 Å². The van der Waals surface area contributed by atoms with Gasteiger partial charge in [-0.25, -0.2) is 4.79 Å². The second kappa shape index (κ2) is 13.7. The highest BCUT2D eigenvalue weighted by molar-refractivity contribution is 5.85. The Morgan fingerprint density at radius 3 is 2.32 bits per heavy atom. The summed E-state index contributed by atoms with van der Waals surface area (Å²) in [5, 5.41) is 11.7. The Kier molecular flexibility index (Phi) is 10.4. The van der Waals surface area contributed by atoms with Crippen molar-refractivity contribution in [3.8, 4) is 5.75 Å². The van der Waals surface area contributed by atoms with Crippen molar-refractivity contribution in [2.45, 2.75) is 65.6 Å². The molecule has 0 spiro atoms. The number of benzene rings is 2. The molecule has 37 heavy (non-hydrogen) atoms. The summed E-state index contributed by atoms with van der Waals surface area (Å²) >= 11 is 0. The van der Waals surface area contributed by atoms with Crippen LogP contribution in [0.2, 0.25) is 0 Å². The van der Waals surface area contributed by atoms with Crippen LogP contribution < -0.4 is 15.0 Å². The number of hydrogen-bond acceptors (Lipinski definition) is 4. The lowest BCUT2D eigenvalue weighted by molar-refractivity contribution is -0.135. The van der Waals surface area contributed by atoms with Gasteiger partial charge >= 0.3 is 6.09 Å². The van der Waals surface area contributed by atoms with Gasteiger partial charge in [0.15, 0.2) is 0 Å². The van der Waals surface area contributed by atoms with Crippen LogP contribution in [0.5, 0.6) is 5.75 Å². The van der Waals surface area contributed by atoms with Gasteiger partial charge in [-0.2, -0.15) is 0 Å². The highest BCUT2D eigenvalue weighted by Gasteiger charge is 2.33. The fourth-order valence-electron chi connectivity index (χ4n) is 4.63. The van der Waals surface area contributed by atoms with E-state index >= 15 is 0 Å². The Labute approximate surface area is 221 Å². The average molecular weight is 508 g/mol. The molecule has 2 amide bonds. The topological polar surface area (TPSA) is 82.1 Å². The predicted octanol–water partition coefficient (Wildman–Crippen LogP) is 5.71. The number of nitrogens with one attached hydrogen (secondary N) is 1. The molecule has 3 rings (SSSR count). The second-order valence-electron chi connectivity index (χ2n) is 10.1. The molecule has 0 aliphatic carbocycles. The van der Waals surface area contributed by atoms with E-state index in [2.05, 4.69) is 54.4 Å². The van der Waals surface area contributed by atoms with E-state index in [0.29, 0.717) is 19.7 Å². The minimum atomic E-state index is -1.15. The van der Waals surface area contributed by atoms with Crippen molar-refractivity contribution in [1.82, 2.24) is 10.2 Å². The lowest BCUT2D eigenvalue weighted by Crippen LogP contribution is -2.55. The van der Waals surface area contributed by atoms with Gasteiger partial charge in [0.25, 0.3) is 0 Å². The first-order valence-corrected chi connectivity index (χ1v) is 13.2. The number of allylic oxidation sites excluding steroid dienone is 1. The minimum absolute atomic E-state index is 0.0573. The van der Waals surface area contributed by atoms with E-state index in [9.17, 15) is 14.7 Å². The normalized spacial score (nSPS) is 15.4. The maximum Gasteiger partial charge on any atom is 0.405 e. The highest BCUT2D eigenvalue weighted by atomic mass is 16.5. The van der Waals surface area contributed by atoms with Crippen LogP contribution in [-0.2, 0) is 11.4 Å². The van der Waals surface area contributed by atoms with E-state index < -0.39 is 12.1 Å². The average Bonchev–Trinajstić information content (AvgIpc) is 2.91. The molecule has 2 atom stereocenters. The van der Waals surface area contributed by atoms with Gasteiger partial charge in [-0.15, -0.1) is 0 Å². The number of carbonyl (C=O) groups is 2. The standard InChI is InChI=1S/C30H41N3O4/c1-5-23(4)28(31-30(35)36)29(34)32-18-16-26(17-19-32)33(20-15-22(2)3)25-11-13-27(14-12-25)37-21-24-9-7-6-8-10-24/h6-15,23,26,28,31H,5,16-21H2,1-4H3,(H,35,36). The Hall–Kier alpha value is -3.48. The number of amides is 2. The first-order chi connectivity index (χ1) is 17.8. The van der Waals surface area contributed by atoms with Gasteiger partial charge in [0.2, 0.25) is 5.91 Å². The maximum atomic E-state index is 13.2. The summed E-state index contributed by atoms with van der Waals surface area (Å²) in [6, 6.07) is 17.9. The molecule has 0 aromatic heterocycles. The van der Waals surface area contributed by atoms with Gasteiger partial charge in [0, 0.05) is 31.4 Å². The van der Waals surface area contributed by atoms with Crippen molar-refractivity contribution in [1.29, 1.82) is 0 Å². The number of piperidine rings is 1. The van der Waals surface area contributed by atoms with E-state index in [1.54, 1.807) is 0 Å². The Morgan fingerprint density at radius 2 is 1.76 bits per heavy atom. The van der Waals surface area contributed by atoms with Crippen LogP contribution in [-0.4, -0.2) is 53.7 Å². The Balaban J connectivity index is 1.66. The number of nitrogens with zero attached hydrogens (tertiary/aromatic N) is 2. The number of carboxylic acid groups (broad SMARTS) is 1. The SMILES string of the molecule is CCC(C)C(NC(=O)O)C(=O)N1CCC(N(CC=C(C)C)c2ccc(OCc3ccccc3)cc2)CC1. The first-order valence-electron chi connectivity index (χ1n) is 13.2. The van der Waals surface area contributed by atoms with E-state index in [-0.39, 0.29) is 17.9 Å². The molecule has 0 radical (unpaired) electrons. The molecule has 200 valence electrons. The minimum Gasteiger partial charge on any atom is -0.489 e. The fourth-order valence-corrected chi connectivity index (χ4v) is 4.63. The van der Waals surface area contributed by atoms with Crippen LogP contribution in [0.25, 0.3) is 0 Å². The Bertz CT molecular complexity index is 1030. The zero-order valence-corrected chi connectivity index (χ0v) is 22.5. The van der Waals surface area contributed by atoms with E-state index in [1.807, 2.05) is 49.1 Å². The highest BCUT2D eigenvalue weighted by Crippen LogP contribution is 2.27. The number of anilines is 1. The van der Waals surface area contributed by atoms with Crippen molar-refractivity contribution >= 4 is 17.7 Å². The summed E-state index contributed by atoms with van der Waals surface area (Å²) in [5.41, 5.74) is 3.52. The zero-order valence-electron chi connectivity index (χ0n) is 22.5. The first kappa shape index (κ1) is 28.1. The third kappa shape index (κ3) is 8.27. The summed E-state index contributed by atoms with van der Waals surface area (Å²) in [7, 11) is 0. The van der Waals surface area contributed by atoms with Crippen LogP contribution in [0, 0.1) is 5.92 Å². The summed E-state index contributed by atoms with van der Waals surface area (Å²) in [4.78, 5) is 28.7. The number of hydrogen-bond donors (Lipinski definition) is 2. The second-order valence-corrected chi connectivity index (χ2v) is 10.1. The molecule has 0 saturated carbocycles. The van der Waals surface area contributed by atoms with Crippen LogP contribution in [0.3, 0.4) is 0 Å². The molecule has 7 nitrogen and oxygen atoms in total. The quantitative estimate of drug-likeness (QED) is 0.381. The lowest BCUT2D eigenvalue weighted by Gasteiger charge is -2.41. The van der Waals surface area contributed by atoms with Gasteiger partial charge in [-0.05, 0) is 62.4 Å².